The first-order chi connectivity index (χ1) is 11.3. The standard InChI is InChI=1S/C15H14F3N5S/c1-9-7-13(23-14(21-9)19-8-20-23)22-10(2)11-3-5-12(6-4-11)24-15(16,17)18/h3-8,10,22H,1-2H3. The van der Waals surface area contributed by atoms with E-state index in [-0.39, 0.29) is 22.7 Å². The molecular formula is C15H14F3N5S. The largest absolute Gasteiger partial charge is 0.446 e. The van der Waals surface area contributed by atoms with Crippen LogP contribution in [0.25, 0.3) is 5.78 Å². The first-order valence-corrected chi connectivity index (χ1v) is 7.93. The number of aryl methyl sites for hydroxylation is 1. The quantitative estimate of drug-likeness (QED) is 0.712. The summed E-state index contributed by atoms with van der Waals surface area (Å²) < 4.78 is 38.7. The molecule has 5 nitrogen and oxygen atoms in total. The van der Waals surface area contributed by atoms with Gasteiger partial charge in [0.15, 0.2) is 0 Å². The molecule has 0 saturated heterocycles. The molecule has 1 unspecified atom stereocenters. The molecule has 9 heteroatoms. The fourth-order valence-electron chi connectivity index (χ4n) is 2.30. The van der Waals surface area contributed by atoms with Crippen LogP contribution in [-0.4, -0.2) is 25.1 Å². The summed E-state index contributed by atoms with van der Waals surface area (Å²) >= 11 is -0.121. The number of hydrogen-bond donors (Lipinski definition) is 1. The molecule has 0 amide bonds. The maximum Gasteiger partial charge on any atom is 0.446 e. The number of nitrogens with zero attached hydrogens (tertiary/aromatic N) is 4. The van der Waals surface area contributed by atoms with E-state index in [9.17, 15) is 13.2 Å². The molecule has 0 aliphatic heterocycles. The molecule has 0 aliphatic carbocycles. The Balaban J connectivity index is 1.79. The minimum atomic E-state index is -4.28. The van der Waals surface area contributed by atoms with Gasteiger partial charge in [-0.2, -0.15) is 27.8 Å². The van der Waals surface area contributed by atoms with Crippen molar-refractivity contribution < 1.29 is 13.2 Å². The predicted molar refractivity (Wildman–Crippen MR) is 85.9 cm³/mol. The maximum absolute atomic E-state index is 12.4. The van der Waals surface area contributed by atoms with Gasteiger partial charge < -0.3 is 5.32 Å². The molecule has 3 aromatic rings. The van der Waals surface area contributed by atoms with Crippen LogP contribution < -0.4 is 5.32 Å². The number of halogens is 3. The van der Waals surface area contributed by atoms with E-state index in [0.717, 1.165) is 17.1 Å². The molecule has 2 heterocycles. The summed E-state index contributed by atoms with van der Waals surface area (Å²) in [6.07, 6.45) is 1.42. The number of thioether (sulfide) groups is 1. The SMILES string of the molecule is Cc1cc(NC(C)c2ccc(SC(F)(F)F)cc2)n2ncnc2n1. The molecule has 126 valence electrons. The van der Waals surface area contributed by atoms with E-state index in [0.29, 0.717) is 5.78 Å². The highest BCUT2D eigenvalue weighted by atomic mass is 32.2. The predicted octanol–water partition coefficient (Wildman–Crippen LogP) is 4.22. The van der Waals surface area contributed by atoms with Gasteiger partial charge in [0.2, 0.25) is 0 Å². The molecule has 3 rings (SSSR count). The van der Waals surface area contributed by atoms with Crippen LogP contribution in [-0.2, 0) is 0 Å². The topological polar surface area (TPSA) is 55.1 Å². The maximum atomic E-state index is 12.4. The molecule has 24 heavy (non-hydrogen) atoms. The summed E-state index contributed by atoms with van der Waals surface area (Å²) in [6, 6.07) is 8.01. The summed E-state index contributed by atoms with van der Waals surface area (Å²) in [7, 11) is 0. The van der Waals surface area contributed by atoms with Gasteiger partial charge in [0, 0.05) is 22.7 Å². The minimum absolute atomic E-state index is 0.121. The molecule has 1 aromatic carbocycles. The molecule has 1 atom stereocenters. The molecule has 2 aromatic heterocycles. The Hall–Kier alpha value is -2.29. The van der Waals surface area contributed by atoms with Gasteiger partial charge in [-0.05, 0) is 43.3 Å². The van der Waals surface area contributed by atoms with Crippen molar-refractivity contribution in [3.8, 4) is 0 Å². The van der Waals surface area contributed by atoms with Crippen LogP contribution >= 0.6 is 11.8 Å². The average molecular weight is 353 g/mol. The van der Waals surface area contributed by atoms with Gasteiger partial charge in [-0.1, -0.05) is 12.1 Å². The fourth-order valence-corrected chi connectivity index (χ4v) is 2.84. The number of rotatable bonds is 4. The first kappa shape index (κ1) is 16.6. The van der Waals surface area contributed by atoms with Crippen molar-refractivity contribution in [1.82, 2.24) is 19.6 Å². The van der Waals surface area contributed by atoms with Crippen molar-refractivity contribution >= 4 is 23.4 Å². The number of alkyl halides is 3. The Kier molecular flexibility index (Phi) is 4.35. The van der Waals surface area contributed by atoms with Gasteiger partial charge in [-0.25, -0.2) is 4.98 Å². The number of hydrogen-bond acceptors (Lipinski definition) is 5. The van der Waals surface area contributed by atoms with Crippen LogP contribution in [0.5, 0.6) is 0 Å². The van der Waals surface area contributed by atoms with Gasteiger partial charge in [-0.3, -0.25) is 0 Å². The van der Waals surface area contributed by atoms with Crippen molar-refractivity contribution in [2.45, 2.75) is 30.3 Å². The zero-order valence-electron chi connectivity index (χ0n) is 12.9. The third-order valence-electron chi connectivity index (χ3n) is 3.36. The summed E-state index contributed by atoms with van der Waals surface area (Å²) in [6.45, 7) is 3.78. The fraction of sp³-hybridized carbons (Fsp3) is 0.267. The van der Waals surface area contributed by atoms with Crippen LogP contribution in [0, 0.1) is 6.92 Å². The second kappa shape index (κ2) is 6.31. The molecule has 0 radical (unpaired) electrons. The zero-order chi connectivity index (χ0) is 17.3. The number of aromatic nitrogens is 4. The Morgan fingerprint density at radius 1 is 1.21 bits per heavy atom. The molecule has 0 bridgehead atoms. The molecular weight excluding hydrogens is 339 g/mol. The molecule has 0 fully saturated rings. The Labute approximate surface area is 140 Å². The summed E-state index contributed by atoms with van der Waals surface area (Å²) in [5, 5.41) is 7.40. The van der Waals surface area contributed by atoms with E-state index in [4.69, 9.17) is 0 Å². The van der Waals surface area contributed by atoms with Crippen LogP contribution in [0.4, 0.5) is 19.0 Å². The lowest BCUT2D eigenvalue weighted by Gasteiger charge is -2.17. The monoisotopic (exact) mass is 353 g/mol. The molecule has 1 N–H and O–H groups in total. The van der Waals surface area contributed by atoms with E-state index in [2.05, 4.69) is 20.4 Å². The lowest BCUT2D eigenvalue weighted by Crippen LogP contribution is -2.11. The van der Waals surface area contributed by atoms with Gasteiger partial charge in [0.05, 0.1) is 0 Å². The zero-order valence-corrected chi connectivity index (χ0v) is 13.7. The van der Waals surface area contributed by atoms with E-state index in [1.165, 1.54) is 18.5 Å². The number of anilines is 1. The molecule has 0 aliphatic rings. The highest BCUT2D eigenvalue weighted by Crippen LogP contribution is 2.37. The third-order valence-corrected chi connectivity index (χ3v) is 4.10. The highest BCUT2D eigenvalue weighted by Gasteiger charge is 2.29. The Bertz CT molecular complexity index is 844. The highest BCUT2D eigenvalue weighted by molar-refractivity contribution is 8.00. The van der Waals surface area contributed by atoms with Crippen molar-refractivity contribution in [3.05, 3.63) is 47.9 Å². The molecule has 0 spiro atoms. The summed E-state index contributed by atoms with van der Waals surface area (Å²) in [4.78, 5) is 8.48. The van der Waals surface area contributed by atoms with Crippen molar-refractivity contribution in [2.24, 2.45) is 0 Å². The van der Waals surface area contributed by atoms with Crippen LogP contribution in [0.15, 0.2) is 41.6 Å². The summed E-state index contributed by atoms with van der Waals surface area (Å²) in [5.74, 6) is 1.21. The van der Waals surface area contributed by atoms with Crippen LogP contribution in [0.3, 0.4) is 0 Å². The lowest BCUT2D eigenvalue weighted by molar-refractivity contribution is -0.0328. The number of nitrogens with one attached hydrogen (secondary N) is 1. The Morgan fingerprint density at radius 2 is 1.92 bits per heavy atom. The minimum Gasteiger partial charge on any atom is -0.363 e. The van der Waals surface area contributed by atoms with E-state index < -0.39 is 5.51 Å². The van der Waals surface area contributed by atoms with Gasteiger partial charge in [0.25, 0.3) is 5.78 Å². The molecule has 0 saturated carbocycles. The third kappa shape index (κ3) is 3.78. The van der Waals surface area contributed by atoms with E-state index >= 15 is 0 Å². The summed E-state index contributed by atoms with van der Waals surface area (Å²) in [5.41, 5.74) is -2.62. The average Bonchev–Trinajstić information content (AvgIpc) is 2.94. The van der Waals surface area contributed by atoms with E-state index in [1.807, 2.05) is 19.9 Å². The van der Waals surface area contributed by atoms with Crippen molar-refractivity contribution in [2.75, 3.05) is 5.32 Å². The van der Waals surface area contributed by atoms with Gasteiger partial charge >= 0.3 is 5.51 Å². The van der Waals surface area contributed by atoms with Crippen molar-refractivity contribution in [1.29, 1.82) is 0 Å². The number of benzene rings is 1. The van der Waals surface area contributed by atoms with Gasteiger partial charge in [0.1, 0.15) is 12.1 Å². The van der Waals surface area contributed by atoms with Crippen molar-refractivity contribution in [3.63, 3.8) is 0 Å². The second-order valence-electron chi connectivity index (χ2n) is 5.24. The van der Waals surface area contributed by atoms with Crippen LogP contribution in [0.1, 0.15) is 24.2 Å². The van der Waals surface area contributed by atoms with Gasteiger partial charge in [-0.15, -0.1) is 0 Å². The second-order valence-corrected chi connectivity index (χ2v) is 6.38. The first-order valence-electron chi connectivity index (χ1n) is 7.11. The van der Waals surface area contributed by atoms with Crippen LogP contribution in [0.2, 0.25) is 0 Å². The Morgan fingerprint density at radius 3 is 2.58 bits per heavy atom. The number of fused-ring (bicyclic) bond motifs is 1. The lowest BCUT2D eigenvalue weighted by atomic mass is 10.1. The van der Waals surface area contributed by atoms with E-state index in [1.54, 1.807) is 16.6 Å². The normalized spacial score (nSPS) is 13.2. The smallest absolute Gasteiger partial charge is 0.363 e.